The fourth-order valence-corrected chi connectivity index (χ4v) is 5.26. The van der Waals surface area contributed by atoms with Gasteiger partial charge in [0, 0.05) is 43.5 Å². The van der Waals surface area contributed by atoms with E-state index in [1.807, 2.05) is 0 Å². The van der Waals surface area contributed by atoms with Crippen molar-refractivity contribution in [2.45, 2.75) is 33.1 Å². The van der Waals surface area contributed by atoms with Crippen LogP contribution in [0.3, 0.4) is 0 Å². The molecule has 146 valence electrons. The predicted octanol–water partition coefficient (Wildman–Crippen LogP) is 2.69. The number of rotatable bonds is 2. The van der Waals surface area contributed by atoms with Crippen LogP contribution in [0.4, 0.5) is 5.82 Å². The lowest BCUT2D eigenvalue weighted by Crippen LogP contribution is -2.44. The van der Waals surface area contributed by atoms with Crippen molar-refractivity contribution in [3.05, 3.63) is 16.8 Å². The third kappa shape index (κ3) is 3.67. The van der Waals surface area contributed by atoms with Crippen molar-refractivity contribution in [3.63, 3.8) is 0 Å². The minimum Gasteiger partial charge on any atom is -0.356 e. The van der Waals surface area contributed by atoms with E-state index in [0.29, 0.717) is 5.91 Å². The van der Waals surface area contributed by atoms with E-state index >= 15 is 0 Å². The van der Waals surface area contributed by atoms with Gasteiger partial charge >= 0.3 is 0 Å². The third-order valence-electron chi connectivity index (χ3n) is 6.12. The van der Waals surface area contributed by atoms with Gasteiger partial charge in [-0.2, -0.15) is 0 Å². The highest BCUT2D eigenvalue weighted by molar-refractivity contribution is 7.18. The van der Waals surface area contributed by atoms with E-state index in [9.17, 15) is 4.79 Å². The number of anilines is 1. The Hall–Kier alpha value is -1.73. The minimum atomic E-state index is 0.160. The van der Waals surface area contributed by atoms with Gasteiger partial charge in [-0.3, -0.25) is 4.79 Å². The van der Waals surface area contributed by atoms with Crippen LogP contribution in [0.5, 0.6) is 0 Å². The lowest BCUT2D eigenvalue weighted by molar-refractivity contribution is -0.136. The molecule has 0 aliphatic carbocycles. The van der Waals surface area contributed by atoms with Gasteiger partial charge in [0.1, 0.15) is 17.0 Å². The Balaban J connectivity index is 1.44. The number of piperidine rings is 1. The number of thiophene rings is 1. The fourth-order valence-electron chi connectivity index (χ4n) is 4.27. The summed E-state index contributed by atoms with van der Waals surface area (Å²) in [6.07, 6.45) is 4.59. The molecule has 0 atom stereocenters. The number of aryl methyl sites for hydroxylation is 2. The molecule has 2 fully saturated rings. The Kier molecular flexibility index (Phi) is 5.32. The average molecular weight is 388 g/mol. The molecule has 2 aromatic heterocycles. The molecule has 1 amide bonds. The molecule has 0 unspecified atom stereocenters. The van der Waals surface area contributed by atoms with Gasteiger partial charge in [-0.25, -0.2) is 9.97 Å². The molecule has 0 aromatic carbocycles. The van der Waals surface area contributed by atoms with E-state index in [-0.39, 0.29) is 5.92 Å². The van der Waals surface area contributed by atoms with Crippen LogP contribution in [0.25, 0.3) is 10.2 Å². The summed E-state index contributed by atoms with van der Waals surface area (Å²) in [6, 6.07) is 0. The highest BCUT2D eigenvalue weighted by Gasteiger charge is 2.30. The molecule has 4 heterocycles. The number of hydrogen-bond acceptors (Lipinski definition) is 6. The summed E-state index contributed by atoms with van der Waals surface area (Å²) < 4.78 is 0. The van der Waals surface area contributed by atoms with Crippen LogP contribution >= 0.6 is 11.3 Å². The van der Waals surface area contributed by atoms with E-state index in [1.54, 1.807) is 17.7 Å². The number of hydrogen-bond donors (Lipinski definition) is 0. The summed E-state index contributed by atoms with van der Waals surface area (Å²) in [4.78, 5) is 31.2. The molecule has 6 nitrogen and oxygen atoms in total. The number of nitrogens with zero attached hydrogens (tertiary/aromatic N) is 5. The van der Waals surface area contributed by atoms with E-state index in [4.69, 9.17) is 0 Å². The maximum atomic E-state index is 13.0. The van der Waals surface area contributed by atoms with Crippen molar-refractivity contribution < 1.29 is 4.79 Å². The van der Waals surface area contributed by atoms with Crippen molar-refractivity contribution in [3.8, 4) is 0 Å². The lowest BCUT2D eigenvalue weighted by atomic mass is 9.95. The summed E-state index contributed by atoms with van der Waals surface area (Å²) in [5, 5.41) is 1.19. The Morgan fingerprint density at radius 1 is 1.07 bits per heavy atom. The summed E-state index contributed by atoms with van der Waals surface area (Å²) in [5.74, 6) is 1.57. The van der Waals surface area contributed by atoms with Crippen LogP contribution in [-0.4, -0.2) is 72.0 Å². The second-order valence-electron chi connectivity index (χ2n) is 7.90. The number of fused-ring (bicyclic) bond motifs is 1. The zero-order valence-electron chi connectivity index (χ0n) is 16.6. The smallest absolute Gasteiger partial charge is 0.225 e. The van der Waals surface area contributed by atoms with E-state index < -0.39 is 0 Å². The molecule has 2 aliphatic heterocycles. The van der Waals surface area contributed by atoms with Crippen LogP contribution in [0, 0.1) is 19.8 Å². The largest absolute Gasteiger partial charge is 0.356 e. The molecule has 0 bridgehead atoms. The average Bonchev–Trinajstić information content (AvgIpc) is 2.84. The number of likely N-dealkylation sites (N-methyl/N-ethyl adjacent to an activating group) is 1. The molecule has 0 saturated carbocycles. The predicted molar refractivity (Wildman–Crippen MR) is 111 cm³/mol. The molecule has 2 aromatic rings. The van der Waals surface area contributed by atoms with Gasteiger partial charge in [-0.15, -0.1) is 11.3 Å². The first-order chi connectivity index (χ1) is 13.0. The molecule has 7 heteroatoms. The van der Waals surface area contributed by atoms with E-state index in [2.05, 4.69) is 45.6 Å². The molecular weight excluding hydrogens is 358 g/mol. The summed E-state index contributed by atoms with van der Waals surface area (Å²) in [6.45, 7) is 9.95. The standard InChI is InChI=1S/C20H29N5OS/c1-14-15(2)27-19-17(14)18(21-13-22-19)24-9-5-16(6-10-24)20(26)25-8-4-7-23(3)11-12-25/h13,16H,4-12H2,1-3H3. The number of carbonyl (C=O) groups is 1. The van der Waals surface area contributed by atoms with Crippen molar-refractivity contribution in [1.82, 2.24) is 19.8 Å². The quantitative estimate of drug-likeness (QED) is 0.793. The van der Waals surface area contributed by atoms with Crippen LogP contribution in [0.15, 0.2) is 6.33 Å². The molecule has 4 rings (SSSR count). The third-order valence-corrected chi connectivity index (χ3v) is 7.24. The van der Waals surface area contributed by atoms with Crippen LogP contribution in [0.1, 0.15) is 29.7 Å². The molecule has 2 saturated heterocycles. The van der Waals surface area contributed by atoms with Crippen LogP contribution < -0.4 is 4.90 Å². The molecule has 0 spiro atoms. The first-order valence-electron chi connectivity index (χ1n) is 9.97. The molecule has 0 N–H and O–H groups in total. The first-order valence-corrected chi connectivity index (χ1v) is 10.8. The van der Waals surface area contributed by atoms with E-state index in [0.717, 1.165) is 69.2 Å². The maximum absolute atomic E-state index is 13.0. The van der Waals surface area contributed by atoms with Gasteiger partial charge in [0.25, 0.3) is 0 Å². The van der Waals surface area contributed by atoms with Crippen LogP contribution in [0.2, 0.25) is 0 Å². The van der Waals surface area contributed by atoms with Gasteiger partial charge in [-0.1, -0.05) is 0 Å². The van der Waals surface area contributed by atoms with Crippen molar-refractivity contribution >= 4 is 33.3 Å². The highest BCUT2D eigenvalue weighted by Crippen LogP contribution is 2.35. The van der Waals surface area contributed by atoms with Crippen LogP contribution in [-0.2, 0) is 4.79 Å². The Bertz CT molecular complexity index is 827. The highest BCUT2D eigenvalue weighted by atomic mass is 32.1. The van der Waals surface area contributed by atoms with Crippen molar-refractivity contribution in [2.75, 3.05) is 51.2 Å². The van der Waals surface area contributed by atoms with Gasteiger partial charge in [-0.05, 0) is 52.3 Å². The number of aromatic nitrogens is 2. The zero-order chi connectivity index (χ0) is 19.0. The monoisotopic (exact) mass is 387 g/mol. The maximum Gasteiger partial charge on any atom is 0.225 e. The lowest BCUT2D eigenvalue weighted by Gasteiger charge is -2.34. The first kappa shape index (κ1) is 18.6. The molecule has 0 radical (unpaired) electrons. The Morgan fingerprint density at radius 2 is 1.85 bits per heavy atom. The normalized spacial score (nSPS) is 20.3. The minimum absolute atomic E-state index is 0.160. The molecule has 2 aliphatic rings. The fraction of sp³-hybridized carbons (Fsp3) is 0.650. The van der Waals surface area contributed by atoms with Gasteiger partial charge in [0.05, 0.1) is 5.39 Å². The number of amides is 1. The van der Waals surface area contributed by atoms with Gasteiger partial charge < -0.3 is 14.7 Å². The SMILES string of the molecule is Cc1sc2ncnc(N3CCC(C(=O)N4CCCN(C)CC4)CC3)c2c1C. The zero-order valence-corrected chi connectivity index (χ0v) is 17.4. The number of carbonyl (C=O) groups excluding carboxylic acids is 1. The molecular formula is C20H29N5OS. The molecule has 27 heavy (non-hydrogen) atoms. The summed E-state index contributed by atoms with van der Waals surface area (Å²) in [7, 11) is 2.14. The Morgan fingerprint density at radius 3 is 2.63 bits per heavy atom. The van der Waals surface area contributed by atoms with Crippen molar-refractivity contribution in [1.29, 1.82) is 0 Å². The van der Waals surface area contributed by atoms with Gasteiger partial charge in [0.2, 0.25) is 5.91 Å². The van der Waals surface area contributed by atoms with Gasteiger partial charge in [0.15, 0.2) is 0 Å². The summed E-state index contributed by atoms with van der Waals surface area (Å²) >= 11 is 1.74. The summed E-state index contributed by atoms with van der Waals surface area (Å²) in [5.41, 5.74) is 1.29. The Labute approximate surface area is 165 Å². The topological polar surface area (TPSA) is 52.6 Å². The second-order valence-corrected chi connectivity index (χ2v) is 9.11. The van der Waals surface area contributed by atoms with E-state index in [1.165, 1.54) is 15.8 Å². The second kappa shape index (κ2) is 7.72. The van der Waals surface area contributed by atoms with Crippen molar-refractivity contribution in [2.24, 2.45) is 5.92 Å².